The minimum absolute atomic E-state index is 0.00655. The van der Waals surface area contributed by atoms with Crippen molar-refractivity contribution in [2.75, 3.05) is 16.4 Å². The molecule has 0 saturated heterocycles. The van der Waals surface area contributed by atoms with Crippen LogP contribution in [0.15, 0.2) is 77.5 Å². The highest BCUT2D eigenvalue weighted by Gasteiger charge is 2.33. The number of ether oxygens (including phenoxy) is 1. The SMILES string of the molecule is Nc1ccc2c(Oc3ccc(NC(=O)Nc4ccc(Br)c(C(F)(F)F)c4)cc3)cncc2c1. The predicted molar refractivity (Wildman–Crippen MR) is 124 cm³/mol. The monoisotopic (exact) mass is 516 g/mol. The first-order chi connectivity index (χ1) is 15.7. The Morgan fingerprint density at radius 3 is 2.36 bits per heavy atom. The number of alkyl halides is 3. The van der Waals surface area contributed by atoms with E-state index >= 15 is 0 Å². The standard InChI is InChI=1S/C23H16BrF3N4O2/c24-20-8-4-16(10-19(20)23(25,26)27)31-22(32)30-15-2-5-17(6-3-15)33-21-12-29-11-13-9-14(28)1-7-18(13)21/h1-12H,28H2,(H2,30,31,32). The van der Waals surface area contributed by atoms with Gasteiger partial charge in [-0.05, 0) is 60.7 Å². The number of benzene rings is 3. The zero-order chi connectivity index (χ0) is 23.6. The summed E-state index contributed by atoms with van der Waals surface area (Å²) in [7, 11) is 0. The molecule has 168 valence electrons. The lowest BCUT2D eigenvalue weighted by atomic mass is 10.1. The number of pyridine rings is 1. The summed E-state index contributed by atoms with van der Waals surface area (Å²) in [6, 6.07) is 14.7. The third-order valence-electron chi connectivity index (χ3n) is 4.62. The van der Waals surface area contributed by atoms with Gasteiger partial charge in [-0.15, -0.1) is 0 Å². The third kappa shape index (κ3) is 5.35. The van der Waals surface area contributed by atoms with Gasteiger partial charge in [0.2, 0.25) is 0 Å². The van der Waals surface area contributed by atoms with E-state index in [0.717, 1.165) is 16.8 Å². The number of halogens is 4. The van der Waals surface area contributed by atoms with Gasteiger partial charge in [0.15, 0.2) is 5.75 Å². The molecule has 3 aromatic carbocycles. The number of fused-ring (bicyclic) bond motifs is 1. The summed E-state index contributed by atoms with van der Waals surface area (Å²) in [6.45, 7) is 0. The van der Waals surface area contributed by atoms with Crippen LogP contribution in [0.25, 0.3) is 10.8 Å². The van der Waals surface area contributed by atoms with Crippen LogP contribution in [0.2, 0.25) is 0 Å². The van der Waals surface area contributed by atoms with Crippen LogP contribution in [-0.4, -0.2) is 11.0 Å². The summed E-state index contributed by atoms with van der Waals surface area (Å²) in [4.78, 5) is 16.4. The summed E-state index contributed by atoms with van der Waals surface area (Å²) < 4.78 is 44.9. The first kappa shape index (κ1) is 22.4. The molecular weight excluding hydrogens is 501 g/mol. The molecule has 0 atom stereocenters. The van der Waals surface area contributed by atoms with Crippen LogP contribution >= 0.6 is 15.9 Å². The number of nitrogens with one attached hydrogen (secondary N) is 2. The van der Waals surface area contributed by atoms with E-state index in [0.29, 0.717) is 22.9 Å². The highest BCUT2D eigenvalue weighted by molar-refractivity contribution is 9.10. The molecule has 0 aliphatic rings. The predicted octanol–water partition coefficient (Wildman–Crippen LogP) is 7.03. The van der Waals surface area contributed by atoms with E-state index < -0.39 is 17.8 Å². The average Bonchev–Trinajstić information content (AvgIpc) is 2.75. The fraction of sp³-hybridized carbons (Fsp3) is 0.0435. The fourth-order valence-electron chi connectivity index (χ4n) is 3.10. The Bertz CT molecular complexity index is 1330. The van der Waals surface area contributed by atoms with Crippen molar-refractivity contribution in [1.29, 1.82) is 0 Å². The fourth-order valence-corrected chi connectivity index (χ4v) is 3.57. The van der Waals surface area contributed by atoms with Gasteiger partial charge in [-0.1, -0.05) is 15.9 Å². The van der Waals surface area contributed by atoms with Crippen LogP contribution in [0.1, 0.15) is 5.56 Å². The van der Waals surface area contributed by atoms with Crippen LogP contribution in [0.5, 0.6) is 11.5 Å². The number of hydrogen-bond donors (Lipinski definition) is 3. The molecule has 6 nitrogen and oxygen atoms in total. The van der Waals surface area contributed by atoms with Gasteiger partial charge in [0.25, 0.3) is 0 Å². The van der Waals surface area contributed by atoms with Gasteiger partial charge < -0.3 is 21.1 Å². The number of aromatic nitrogens is 1. The quantitative estimate of drug-likeness (QED) is 0.254. The van der Waals surface area contributed by atoms with Gasteiger partial charge in [-0.3, -0.25) is 4.98 Å². The molecule has 0 saturated carbocycles. The minimum atomic E-state index is -4.55. The maximum absolute atomic E-state index is 13.0. The van der Waals surface area contributed by atoms with Crippen molar-refractivity contribution < 1.29 is 22.7 Å². The summed E-state index contributed by atoms with van der Waals surface area (Å²) in [5.74, 6) is 1.05. The maximum Gasteiger partial charge on any atom is 0.417 e. The molecule has 0 fully saturated rings. The number of urea groups is 1. The molecular formula is C23H16BrF3N4O2. The van der Waals surface area contributed by atoms with E-state index in [4.69, 9.17) is 10.5 Å². The second kappa shape index (κ2) is 8.99. The summed E-state index contributed by atoms with van der Waals surface area (Å²) >= 11 is 2.86. The zero-order valence-electron chi connectivity index (χ0n) is 16.8. The highest BCUT2D eigenvalue weighted by Crippen LogP contribution is 2.36. The molecule has 0 spiro atoms. The van der Waals surface area contributed by atoms with Crippen molar-refractivity contribution in [2.45, 2.75) is 6.18 Å². The van der Waals surface area contributed by atoms with Crippen molar-refractivity contribution in [3.8, 4) is 11.5 Å². The second-order valence-electron chi connectivity index (χ2n) is 7.02. The Balaban J connectivity index is 1.43. The van der Waals surface area contributed by atoms with Crippen molar-refractivity contribution in [2.24, 2.45) is 0 Å². The number of amides is 2. The smallest absolute Gasteiger partial charge is 0.417 e. The summed E-state index contributed by atoms with van der Waals surface area (Å²) in [5.41, 5.74) is 5.97. The lowest BCUT2D eigenvalue weighted by Gasteiger charge is -2.13. The lowest BCUT2D eigenvalue weighted by Crippen LogP contribution is -2.19. The van der Waals surface area contributed by atoms with E-state index in [2.05, 4.69) is 31.5 Å². The van der Waals surface area contributed by atoms with Gasteiger partial charge in [-0.25, -0.2) is 4.79 Å². The van der Waals surface area contributed by atoms with E-state index in [-0.39, 0.29) is 10.2 Å². The van der Waals surface area contributed by atoms with Gasteiger partial charge in [-0.2, -0.15) is 13.2 Å². The Labute approximate surface area is 194 Å². The second-order valence-corrected chi connectivity index (χ2v) is 7.87. The molecule has 0 aliphatic heterocycles. The molecule has 0 bridgehead atoms. The molecule has 33 heavy (non-hydrogen) atoms. The third-order valence-corrected chi connectivity index (χ3v) is 5.31. The van der Waals surface area contributed by atoms with Crippen LogP contribution in [-0.2, 0) is 6.18 Å². The molecule has 2 amide bonds. The van der Waals surface area contributed by atoms with Gasteiger partial charge >= 0.3 is 12.2 Å². The molecule has 4 rings (SSSR count). The molecule has 4 N–H and O–H groups in total. The zero-order valence-corrected chi connectivity index (χ0v) is 18.4. The van der Waals surface area contributed by atoms with E-state index in [1.54, 1.807) is 48.8 Å². The molecule has 4 aromatic rings. The van der Waals surface area contributed by atoms with Crippen LogP contribution in [0, 0.1) is 0 Å². The maximum atomic E-state index is 13.0. The van der Waals surface area contributed by atoms with E-state index in [1.807, 2.05) is 6.07 Å². The summed E-state index contributed by atoms with van der Waals surface area (Å²) in [5, 5.41) is 6.63. The molecule has 0 unspecified atom stereocenters. The number of nitrogen functional groups attached to an aromatic ring is 1. The average molecular weight is 517 g/mol. The Kier molecular flexibility index (Phi) is 6.10. The minimum Gasteiger partial charge on any atom is -0.455 e. The number of nitrogens with zero attached hydrogens (tertiary/aromatic N) is 1. The van der Waals surface area contributed by atoms with Crippen LogP contribution < -0.4 is 21.1 Å². The summed E-state index contributed by atoms with van der Waals surface area (Å²) in [6.07, 6.45) is -1.27. The van der Waals surface area contributed by atoms with E-state index in [1.165, 1.54) is 12.1 Å². The molecule has 1 heterocycles. The number of hydrogen-bond acceptors (Lipinski definition) is 4. The Hall–Kier alpha value is -3.79. The number of carbonyl (C=O) groups is 1. The number of nitrogens with two attached hydrogens (primary N) is 1. The van der Waals surface area contributed by atoms with E-state index in [9.17, 15) is 18.0 Å². The molecule has 0 radical (unpaired) electrons. The van der Waals surface area contributed by atoms with Crippen molar-refractivity contribution in [1.82, 2.24) is 4.98 Å². The normalized spacial score (nSPS) is 11.3. The first-order valence-corrected chi connectivity index (χ1v) is 10.3. The van der Waals surface area contributed by atoms with Crippen LogP contribution in [0.3, 0.4) is 0 Å². The van der Waals surface area contributed by atoms with Gasteiger partial charge in [0, 0.05) is 38.5 Å². The topological polar surface area (TPSA) is 89.3 Å². The van der Waals surface area contributed by atoms with Crippen LogP contribution in [0.4, 0.5) is 35.0 Å². The Morgan fingerprint density at radius 1 is 0.939 bits per heavy atom. The number of carbonyl (C=O) groups excluding carboxylic acids is 1. The highest BCUT2D eigenvalue weighted by atomic mass is 79.9. The number of anilines is 3. The molecule has 10 heteroatoms. The number of rotatable bonds is 4. The molecule has 0 aliphatic carbocycles. The first-order valence-electron chi connectivity index (χ1n) is 9.55. The largest absolute Gasteiger partial charge is 0.455 e. The molecule has 1 aromatic heterocycles. The van der Waals surface area contributed by atoms with Crippen molar-refractivity contribution in [3.05, 3.63) is 83.1 Å². The van der Waals surface area contributed by atoms with Gasteiger partial charge in [0.1, 0.15) is 5.75 Å². The van der Waals surface area contributed by atoms with Crippen molar-refractivity contribution >= 4 is 49.8 Å². The van der Waals surface area contributed by atoms with Crippen molar-refractivity contribution in [3.63, 3.8) is 0 Å². The lowest BCUT2D eigenvalue weighted by molar-refractivity contribution is -0.138. The Morgan fingerprint density at radius 2 is 1.64 bits per heavy atom. The van der Waals surface area contributed by atoms with Gasteiger partial charge in [0.05, 0.1) is 11.8 Å².